The largest absolute Gasteiger partial charge is 0.330 e. The van der Waals surface area contributed by atoms with Gasteiger partial charge in [-0.1, -0.05) is 13.0 Å². The number of fused-ring (bicyclic) bond motifs is 1. The first-order chi connectivity index (χ1) is 6.31. The second-order valence-corrected chi connectivity index (χ2v) is 4.10. The summed E-state index contributed by atoms with van der Waals surface area (Å²) in [5, 5.41) is 0. The van der Waals surface area contributed by atoms with Gasteiger partial charge in [-0.05, 0) is 30.2 Å². The lowest BCUT2D eigenvalue weighted by atomic mass is 10.0. The highest BCUT2D eigenvalue weighted by Crippen LogP contribution is 2.22. The van der Waals surface area contributed by atoms with Crippen molar-refractivity contribution in [2.24, 2.45) is 5.73 Å². The normalized spacial score (nSPS) is 13.4. The van der Waals surface area contributed by atoms with E-state index in [2.05, 4.69) is 30.1 Å². The van der Waals surface area contributed by atoms with E-state index in [0.717, 1.165) is 5.52 Å². The van der Waals surface area contributed by atoms with Crippen molar-refractivity contribution >= 4 is 21.6 Å². The molecule has 0 fully saturated rings. The van der Waals surface area contributed by atoms with Gasteiger partial charge in [-0.3, -0.25) is 0 Å². The molecule has 1 aromatic carbocycles. The Morgan fingerprint density at radius 3 is 3.15 bits per heavy atom. The molecular formula is C10H12N2S. The molecule has 1 unspecified atom stereocenters. The summed E-state index contributed by atoms with van der Waals surface area (Å²) in [6.45, 7) is 2.82. The summed E-state index contributed by atoms with van der Waals surface area (Å²) in [6, 6.07) is 6.38. The van der Waals surface area contributed by atoms with E-state index in [-0.39, 0.29) is 0 Å². The summed E-state index contributed by atoms with van der Waals surface area (Å²) in [7, 11) is 0. The van der Waals surface area contributed by atoms with Crippen molar-refractivity contribution in [3.05, 3.63) is 29.3 Å². The number of thiazole rings is 1. The first kappa shape index (κ1) is 8.66. The van der Waals surface area contributed by atoms with Gasteiger partial charge in [0, 0.05) is 0 Å². The fourth-order valence-electron chi connectivity index (χ4n) is 1.32. The Morgan fingerprint density at radius 1 is 1.54 bits per heavy atom. The minimum atomic E-state index is 0.422. The van der Waals surface area contributed by atoms with Crippen LogP contribution in [0.3, 0.4) is 0 Å². The Kier molecular flexibility index (Phi) is 2.29. The van der Waals surface area contributed by atoms with Gasteiger partial charge in [0.1, 0.15) is 0 Å². The first-order valence-corrected chi connectivity index (χ1v) is 5.22. The Labute approximate surface area is 81.4 Å². The summed E-state index contributed by atoms with van der Waals surface area (Å²) in [6.07, 6.45) is 0. The molecule has 0 amide bonds. The van der Waals surface area contributed by atoms with Crippen LogP contribution in [0.2, 0.25) is 0 Å². The third-order valence-electron chi connectivity index (χ3n) is 2.28. The van der Waals surface area contributed by atoms with Gasteiger partial charge < -0.3 is 5.73 Å². The van der Waals surface area contributed by atoms with Crippen molar-refractivity contribution in [3.63, 3.8) is 0 Å². The zero-order valence-corrected chi connectivity index (χ0v) is 8.34. The molecule has 68 valence electrons. The van der Waals surface area contributed by atoms with Crippen LogP contribution in [0.1, 0.15) is 18.4 Å². The number of rotatable bonds is 2. The van der Waals surface area contributed by atoms with Gasteiger partial charge in [0.2, 0.25) is 0 Å². The molecule has 0 spiro atoms. The number of aromatic nitrogens is 1. The van der Waals surface area contributed by atoms with Crippen LogP contribution in [-0.2, 0) is 0 Å². The van der Waals surface area contributed by atoms with E-state index in [4.69, 9.17) is 5.73 Å². The van der Waals surface area contributed by atoms with Gasteiger partial charge in [0.15, 0.2) is 0 Å². The van der Waals surface area contributed by atoms with Crippen LogP contribution >= 0.6 is 11.3 Å². The van der Waals surface area contributed by atoms with Gasteiger partial charge in [-0.15, -0.1) is 11.3 Å². The van der Waals surface area contributed by atoms with Crippen molar-refractivity contribution < 1.29 is 0 Å². The number of nitrogens with two attached hydrogens (primary N) is 1. The maximum absolute atomic E-state index is 5.61. The second kappa shape index (κ2) is 3.44. The third kappa shape index (κ3) is 1.57. The predicted octanol–water partition coefficient (Wildman–Crippen LogP) is 2.36. The maximum atomic E-state index is 5.61. The average Bonchev–Trinajstić information content (AvgIpc) is 2.63. The van der Waals surface area contributed by atoms with Gasteiger partial charge in [0.25, 0.3) is 0 Å². The highest BCUT2D eigenvalue weighted by molar-refractivity contribution is 7.16. The van der Waals surface area contributed by atoms with Crippen LogP contribution in [0.5, 0.6) is 0 Å². The van der Waals surface area contributed by atoms with Crippen molar-refractivity contribution in [2.45, 2.75) is 12.8 Å². The fourth-order valence-corrected chi connectivity index (χ4v) is 1.98. The molecule has 2 N–H and O–H groups in total. The van der Waals surface area contributed by atoms with Crippen LogP contribution in [0, 0.1) is 0 Å². The van der Waals surface area contributed by atoms with Crippen LogP contribution < -0.4 is 5.73 Å². The predicted molar refractivity (Wildman–Crippen MR) is 57.1 cm³/mol. The van der Waals surface area contributed by atoms with Crippen LogP contribution in [-0.4, -0.2) is 11.5 Å². The Bertz CT molecular complexity index is 408. The number of hydrogen-bond acceptors (Lipinski definition) is 3. The molecule has 0 aliphatic heterocycles. The molecule has 0 saturated heterocycles. The number of hydrogen-bond donors (Lipinski definition) is 1. The van der Waals surface area contributed by atoms with Gasteiger partial charge >= 0.3 is 0 Å². The zero-order chi connectivity index (χ0) is 9.26. The summed E-state index contributed by atoms with van der Waals surface area (Å²) >= 11 is 1.67. The standard InChI is InChI=1S/C10H12N2S/c1-7(5-11)8-2-3-10-9(4-8)12-6-13-10/h2-4,6-7H,5,11H2,1H3. The van der Waals surface area contributed by atoms with Crippen LogP contribution in [0.15, 0.2) is 23.7 Å². The molecule has 3 heteroatoms. The Balaban J connectivity index is 2.48. The molecule has 0 bridgehead atoms. The quantitative estimate of drug-likeness (QED) is 0.793. The topological polar surface area (TPSA) is 38.9 Å². The highest BCUT2D eigenvalue weighted by Gasteiger charge is 2.04. The molecule has 1 heterocycles. The molecule has 0 aliphatic carbocycles. The van der Waals surface area contributed by atoms with Crippen molar-refractivity contribution in [2.75, 3.05) is 6.54 Å². The van der Waals surface area contributed by atoms with Crippen molar-refractivity contribution in [3.8, 4) is 0 Å². The van der Waals surface area contributed by atoms with Crippen LogP contribution in [0.4, 0.5) is 0 Å². The molecular weight excluding hydrogens is 180 g/mol. The highest BCUT2D eigenvalue weighted by atomic mass is 32.1. The SMILES string of the molecule is CC(CN)c1ccc2scnc2c1. The number of nitrogens with zero attached hydrogens (tertiary/aromatic N) is 1. The van der Waals surface area contributed by atoms with E-state index >= 15 is 0 Å². The lowest BCUT2D eigenvalue weighted by molar-refractivity contribution is 0.775. The number of benzene rings is 1. The molecule has 2 rings (SSSR count). The van der Waals surface area contributed by atoms with E-state index in [9.17, 15) is 0 Å². The molecule has 0 aliphatic rings. The molecule has 13 heavy (non-hydrogen) atoms. The summed E-state index contributed by atoms with van der Waals surface area (Å²) in [4.78, 5) is 4.27. The average molecular weight is 192 g/mol. The van der Waals surface area contributed by atoms with Gasteiger partial charge in [0.05, 0.1) is 15.7 Å². The molecule has 1 atom stereocenters. The summed E-state index contributed by atoms with van der Waals surface area (Å²) in [5.74, 6) is 0.422. The van der Waals surface area contributed by atoms with E-state index in [0.29, 0.717) is 12.5 Å². The van der Waals surface area contributed by atoms with E-state index in [1.807, 2.05) is 5.51 Å². The lowest BCUT2D eigenvalue weighted by Crippen LogP contribution is -2.08. The van der Waals surface area contributed by atoms with E-state index in [1.165, 1.54) is 10.3 Å². The lowest BCUT2D eigenvalue weighted by Gasteiger charge is -2.07. The third-order valence-corrected chi connectivity index (χ3v) is 3.09. The van der Waals surface area contributed by atoms with E-state index in [1.54, 1.807) is 11.3 Å². The van der Waals surface area contributed by atoms with Gasteiger partial charge in [-0.2, -0.15) is 0 Å². The monoisotopic (exact) mass is 192 g/mol. The molecule has 0 saturated carbocycles. The van der Waals surface area contributed by atoms with Crippen molar-refractivity contribution in [1.29, 1.82) is 0 Å². The summed E-state index contributed by atoms with van der Waals surface area (Å²) < 4.78 is 1.24. The maximum Gasteiger partial charge on any atom is 0.0814 e. The zero-order valence-electron chi connectivity index (χ0n) is 7.53. The smallest absolute Gasteiger partial charge is 0.0814 e. The Morgan fingerprint density at radius 2 is 2.38 bits per heavy atom. The summed E-state index contributed by atoms with van der Waals surface area (Å²) in [5.41, 5.74) is 9.85. The minimum absolute atomic E-state index is 0.422. The minimum Gasteiger partial charge on any atom is -0.330 e. The molecule has 0 radical (unpaired) electrons. The van der Waals surface area contributed by atoms with Crippen LogP contribution in [0.25, 0.3) is 10.2 Å². The molecule has 2 aromatic rings. The molecule has 1 aromatic heterocycles. The first-order valence-electron chi connectivity index (χ1n) is 4.34. The van der Waals surface area contributed by atoms with E-state index < -0.39 is 0 Å². The van der Waals surface area contributed by atoms with Crippen molar-refractivity contribution in [1.82, 2.24) is 4.98 Å². The van der Waals surface area contributed by atoms with Gasteiger partial charge in [-0.25, -0.2) is 4.98 Å². The molecule has 2 nitrogen and oxygen atoms in total. The Hall–Kier alpha value is -0.930. The fraction of sp³-hybridized carbons (Fsp3) is 0.300. The second-order valence-electron chi connectivity index (χ2n) is 3.22.